The van der Waals surface area contributed by atoms with E-state index in [1.165, 1.54) is 12.1 Å². The van der Waals surface area contributed by atoms with Crippen molar-refractivity contribution in [1.82, 2.24) is 19.8 Å². The van der Waals surface area contributed by atoms with Gasteiger partial charge in [0.1, 0.15) is 11.5 Å². The molecular formula is C33H38N4O6S. The molecule has 4 aromatic rings. The standard InChI is InChI=1S/C33H38N4O6S/c1-23(2)17-31(26-19-27(42-3)21-28(20-26)43-4)35-33(39)30-18-24(22-37-16-8-15-34-37)11-12-25(30)13-14-32(38)36-44(40,41)29-9-6-5-7-10-29/h5-12,15-16,18-21,23,31H,13-14,17,22H2,1-4H3,(H,35,39)(H,36,38). The fraction of sp³-hybridized carbons (Fsp3) is 0.303. The van der Waals surface area contributed by atoms with Gasteiger partial charge in [-0.2, -0.15) is 5.10 Å². The maximum absolute atomic E-state index is 14.0. The average molecular weight is 619 g/mol. The summed E-state index contributed by atoms with van der Waals surface area (Å²) in [6, 6.07) is 20.2. The molecule has 1 heterocycles. The molecule has 11 heteroatoms. The van der Waals surface area contributed by atoms with Crippen LogP contribution in [-0.4, -0.2) is 44.2 Å². The molecule has 0 fully saturated rings. The van der Waals surface area contributed by atoms with Crippen molar-refractivity contribution in [3.05, 3.63) is 107 Å². The molecule has 2 N–H and O–H groups in total. The zero-order chi connectivity index (χ0) is 31.7. The zero-order valence-electron chi connectivity index (χ0n) is 25.3. The van der Waals surface area contributed by atoms with Gasteiger partial charge < -0.3 is 14.8 Å². The van der Waals surface area contributed by atoms with Gasteiger partial charge in [-0.3, -0.25) is 14.3 Å². The van der Waals surface area contributed by atoms with Crippen LogP contribution in [0.15, 0.2) is 90.1 Å². The van der Waals surface area contributed by atoms with Gasteiger partial charge in [-0.15, -0.1) is 0 Å². The molecule has 0 radical (unpaired) electrons. The first-order valence-corrected chi connectivity index (χ1v) is 15.8. The van der Waals surface area contributed by atoms with Crippen molar-refractivity contribution in [1.29, 1.82) is 0 Å². The van der Waals surface area contributed by atoms with Crippen LogP contribution >= 0.6 is 0 Å². The molecule has 0 aliphatic carbocycles. The molecule has 0 aliphatic heterocycles. The fourth-order valence-corrected chi connectivity index (χ4v) is 5.89. The number of carbonyl (C=O) groups excluding carboxylic acids is 2. The topological polar surface area (TPSA) is 129 Å². The van der Waals surface area contributed by atoms with Crippen molar-refractivity contribution < 1.29 is 27.5 Å². The first-order chi connectivity index (χ1) is 21.1. The normalized spacial score (nSPS) is 12.0. The summed E-state index contributed by atoms with van der Waals surface area (Å²) in [5.74, 6) is 0.508. The monoisotopic (exact) mass is 618 g/mol. The van der Waals surface area contributed by atoms with Crippen LogP contribution < -0.4 is 19.5 Å². The largest absolute Gasteiger partial charge is 0.497 e. The number of benzene rings is 3. The summed E-state index contributed by atoms with van der Waals surface area (Å²) >= 11 is 0. The van der Waals surface area contributed by atoms with Crippen molar-refractivity contribution in [3.8, 4) is 11.5 Å². The molecule has 1 atom stereocenters. The molecule has 0 bridgehead atoms. The van der Waals surface area contributed by atoms with Crippen LogP contribution in [-0.2, 0) is 27.8 Å². The van der Waals surface area contributed by atoms with E-state index < -0.39 is 15.9 Å². The predicted octanol–water partition coefficient (Wildman–Crippen LogP) is 4.90. The number of aryl methyl sites for hydroxylation is 1. The summed E-state index contributed by atoms with van der Waals surface area (Å²) in [7, 11) is -0.852. The Morgan fingerprint density at radius 1 is 0.932 bits per heavy atom. The van der Waals surface area contributed by atoms with E-state index in [2.05, 4.69) is 29.0 Å². The van der Waals surface area contributed by atoms with Gasteiger partial charge >= 0.3 is 0 Å². The van der Waals surface area contributed by atoms with Crippen LogP contribution in [0, 0.1) is 5.92 Å². The van der Waals surface area contributed by atoms with Crippen molar-refractivity contribution in [2.45, 2.75) is 50.6 Å². The van der Waals surface area contributed by atoms with Crippen LogP contribution in [0.25, 0.3) is 0 Å². The van der Waals surface area contributed by atoms with Crippen LogP contribution in [0.3, 0.4) is 0 Å². The van der Waals surface area contributed by atoms with E-state index in [1.54, 1.807) is 61.5 Å². The second kappa shape index (κ2) is 14.7. The first-order valence-electron chi connectivity index (χ1n) is 14.3. The summed E-state index contributed by atoms with van der Waals surface area (Å²) < 4.78 is 40.1. The van der Waals surface area contributed by atoms with Crippen molar-refractivity contribution in [3.63, 3.8) is 0 Å². The summed E-state index contributed by atoms with van der Waals surface area (Å²) in [4.78, 5) is 26.7. The summed E-state index contributed by atoms with van der Waals surface area (Å²) in [5, 5.41) is 7.45. The predicted molar refractivity (Wildman–Crippen MR) is 167 cm³/mol. The number of aromatic nitrogens is 2. The van der Waals surface area contributed by atoms with Gasteiger partial charge in [0.15, 0.2) is 0 Å². The number of hydrogen-bond acceptors (Lipinski definition) is 7. The lowest BCUT2D eigenvalue weighted by atomic mass is 9.94. The molecule has 0 aliphatic rings. The van der Waals surface area contributed by atoms with Crippen LogP contribution in [0.5, 0.6) is 11.5 Å². The molecule has 0 saturated carbocycles. The molecular weight excluding hydrogens is 580 g/mol. The van der Waals surface area contributed by atoms with Gasteiger partial charge in [0.05, 0.1) is 31.7 Å². The van der Waals surface area contributed by atoms with E-state index in [9.17, 15) is 18.0 Å². The van der Waals surface area contributed by atoms with E-state index in [1.807, 2.05) is 30.5 Å². The summed E-state index contributed by atoms with van der Waals surface area (Å²) in [6.45, 7) is 4.61. The van der Waals surface area contributed by atoms with Gasteiger partial charge in [-0.25, -0.2) is 13.1 Å². The number of sulfonamides is 1. The lowest BCUT2D eigenvalue weighted by Crippen LogP contribution is -2.32. The second-order valence-electron chi connectivity index (χ2n) is 10.8. The molecule has 2 amide bonds. The van der Waals surface area contributed by atoms with E-state index in [4.69, 9.17) is 9.47 Å². The average Bonchev–Trinajstić information content (AvgIpc) is 3.52. The zero-order valence-corrected chi connectivity index (χ0v) is 26.1. The molecule has 44 heavy (non-hydrogen) atoms. The highest BCUT2D eigenvalue weighted by molar-refractivity contribution is 7.90. The molecule has 4 rings (SSSR count). The molecule has 3 aromatic carbocycles. The molecule has 1 unspecified atom stereocenters. The van der Waals surface area contributed by atoms with Crippen molar-refractivity contribution >= 4 is 21.8 Å². The third kappa shape index (κ3) is 8.70. The van der Waals surface area contributed by atoms with Crippen LogP contribution in [0.2, 0.25) is 0 Å². The quantitative estimate of drug-likeness (QED) is 0.206. The van der Waals surface area contributed by atoms with Crippen molar-refractivity contribution in [2.24, 2.45) is 5.92 Å². The Labute approximate surface area is 258 Å². The number of amides is 2. The van der Waals surface area contributed by atoms with Gasteiger partial charge in [0.2, 0.25) is 5.91 Å². The maximum atomic E-state index is 14.0. The Bertz CT molecular complexity index is 1650. The van der Waals surface area contributed by atoms with Crippen LogP contribution in [0.1, 0.15) is 59.8 Å². The highest BCUT2D eigenvalue weighted by atomic mass is 32.2. The number of nitrogens with one attached hydrogen (secondary N) is 2. The number of nitrogens with zero attached hydrogens (tertiary/aromatic N) is 2. The highest BCUT2D eigenvalue weighted by Crippen LogP contribution is 2.30. The lowest BCUT2D eigenvalue weighted by molar-refractivity contribution is -0.119. The van der Waals surface area contributed by atoms with E-state index in [0.717, 1.165) is 11.1 Å². The van der Waals surface area contributed by atoms with Gasteiger partial charge in [-0.1, -0.05) is 44.2 Å². The number of ether oxygens (including phenoxy) is 2. The second-order valence-corrected chi connectivity index (χ2v) is 12.5. The minimum absolute atomic E-state index is 0.00163. The number of hydrogen-bond donors (Lipinski definition) is 2. The Hall–Kier alpha value is -4.64. The number of methoxy groups -OCH3 is 2. The Morgan fingerprint density at radius 2 is 1.64 bits per heavy atom. The Morgan fingerprint density at radius 3 is 2.25 bits per heavy atom. The fourth-order valence-electron chi connectivity index (χ4n) is 4.86. The van der Waals surface area contributed by atoms with Crippen LogP contribution in [0.4, 0.5) is 0 Å². The van der Waals surface area contributed by atoms with Crippen molar-refractivity contribution in [2.75, 3.05) is 14.2 Å². The molecule has 0 saturated heterocycles. The van der Waals surface area contributed by atoms with Gasteiger partial charge in [-0.05, 0) is 71.8 Å². The third-order valence-electron chi connectivity index (χ3n) is 7.03. The molecule has 232 valence electrons. The highest BCUT2D eigenvalue weighted by Gasteiger charge is 2.22. The molecule has 10 nitrogen and oxygen atoms in total. The van der Waals surface area contributed by atoms with Gasteiger partial charge in [0, 0.05) is 30.4 Å². The van der Waals surface area contributed by atoms with Gasteiger partial charge in [0.25, 0.3) is 15.9 Å². The number of rotatable bonds is 14. The first kappa shape index (κ1) is 32.3. The third-order valence-corrected chi connectivity index (χ3v) is 8.42. The molecule has 1 aromatic heterocycles. The van der Waals surface area contributed by atoms with E-state index in [-0.39, 0.29) is 35.6 Å². The van der Waals surface area contributed by atoms with E-state index in [0.29, 0.717) is 35.6 Å². The SMILES string of the molecule is COc1cc(OC)cc(C(CC(C)C)NC(=O)c2cc(Cn3cccn3)ccc2CCC(=O)NS(=O)(=O)c2ccccc2)c1. The number of carbonyl (C=O) groups is 2. The Kier molecular flexibility index (Phi) is 10.8. The minimum atomic E-state index is -4.00. The Balaban J connectivity index is 1.60. The smallest absolute Gasteiger partial charge is 0.264 e. The maximum Gasteiger partial charge on any atom is 0.264 e. The lowest BCUT2D eigenvalue weighted by Gasteiger charge is -2.23. The molecule has 0 spiro atoms. The van der Waals surface area contributed by atoms with E-state index >= 15 is 0 Å². The minimum Gasteiger partial charge on any atom is -0.497 e. The summed E-state index contributed by atoms with van der Waals surface area (Å²) in [5.41, 5.74) is 2.70. The summed E-state index contributed by atoms with van der Waals surface area (Å²) in [6.07, 6.45) is 4.20.